The number of hydrazine groups is 1. The fourth-order valence-corrected chi connectivity index (χ4v) is 5.19. The zero-order chi connectivity index (χ0) is 25.1. The van der Waals surface area contributed by atoms with Crippen molar-refractivity contribution in [2.75, 3.05) is 18.4 Å². The third kappa shape index (κ3) is 5.42. The lowest BCUT2D eigenvalue weighted by Crippen LogP contribution is -2.66. The van der Waals surface area contributed by atoms with E-state index in [9.17, 15) is 19.2 Å². The normalized spacial score (nSPS) is 24.7. The van der Waals surface area contributed by atoms with Gasteiger partial charge < -0.3 is 15.5 Å². The van der Waals surface area contributed by atoms with Gasteiger partial charge in [0.1, 0.15) is 6.54 Å². The average Bonchev–Trinajstić information content (AvgIpc) is 3.14. The van der Waals surface area contributed by atoms with Crippen LogP contribution in [-0.4, -0.2) is 70.0 Å². The molecule has 2 saturated heterocycles. The van der Waals surface area contributed by atoms with Gasteiger partial charge in [0.2, 0.25) is 17.7 Å². The Morgan fingerprint density at radius 3 is 2.69 bits per heavy atom. The van der Waals surface area contributed by atoms with Gasteiger partial charge in [-0.25, -0.2) is 9.80 Å². The minimum Gasteiger partial charge on any atom is -0.354 e. The maximum Gasteiger partial charge on any atom is 0.337 e. The number of nitrogens with zero attached hydrogens (tertiary/aromatic N) is 3. The first-order valence-electron chi connectivity index (χ1n) is 12.6. The van der Waals surface area contributed by atoms with Crippen LogP contribution in [0.15, 0.2) is 24.3 Å². The van der Waals surface area contributed by atoms with E-state index in [1.54, 1.807) is 15.9 Å². The van der Waals surface area contributed by atoms with Gasteiger partial charge in [-0.1, -0.05) is 31.9 Å². The van der Waals surface area contributed by atoms with E-state index in [1.807, 2.05) is 39.0 Å². The van der Waals surface area contributed by atoms with Crippen LogP contribution in [0.1, 0.15) is 57.9 Å². The Labute approximate surface area is 206 Å². The van der Waals surface area contributed by atoms with Gasteiger partial charge in [0.05, 0.1) is 5.92 Å². The maximum absolute atomic E-state index is 13.4. The molecule has 35 heavy (non-hydrogen) atoms. The van der Waals surface area contributed by atoms with Crippen molar-refractivity contribution in [1.82, 2.24) is 25.6 Å². The van der Waals surface area contributed by atoms with Crippen LogP contribution in [0.2, 0.25) is 0 Å². The van der Waals surface area contributed by atoms with Crippen LogP contribution in [0.5, 0.6) is 0 Å². The lowest BCUT2D eigenvalue weighted by molar-refractivity contribution is -0.156. The molecule has 4 atom stereocenters. The highest BCUT2D eigenvalue weighted by Gasteiger charge is 2.54. The molecular formula is C25H36N6O4. The van der Waals surface area contributed by atoms with Crippen molar-refractivity contribution in [3.63, 3.8) is 0 Å². The van der Waals surface area contributed by atoms with Crippen LogP contribution in [0.4, 0.5) is 10.5 Å². The van der Waals surface area contributed by atoms with Crippen molar-refractivity contribution >= 4 is 29.4 Å². The van der Waals surface area contributed by atoms with Crippen molar-refractivity contribution < 1.29 is 19.2 Å². The summed E-state index contributed by atoms with van der Waals surface area (Å²) in [7, 11) is 0. The molecule has 4 rings (SSSR count). The van der Waals surface area contributed by atoms with Crippen molar-refractivity contribution in [1.29, 1.82) is 0 Å². The summed E-state index contributed by atoms with van der Waals surface area (Å²) in [6.45, 7) is 5.89. The number of carbonyl (C=O) groups is 4. The molecule has 3 N–H and O–H groups in total. The Kier molecular flexibility index (Phi) is 7.59. The predicted octanol–water partition coefficient (Wildman–Crippen LogP) is 2.17. The van der Waals surface area contributed by atoms with Crippen LogP contribution < -0.4 is 16.1 Å². The van der Waals surface area contributed by atoms with Crippen molar-refractivity contribution in [3.8, 4) is 0 Å². The molecule has 10 nitrogen and oxygen atoms in total. The number of amides is 5. The third-order valence-corrected chi connectivity index (χ3v) is 7.17. The number of aryl methyl sites for hydroxylation is 1. The second kappa shape index (κ2) is 10.6. The summed E-state index contributed by atoms with van der Waals surface area (Å²) < 4.78 is 0. The molecule has 1 aromatic carbocycles. The van der Waals surface area contributed by atoms with Crippen LogP contribution in [0, 0.1) is 12.8 Å². The summed E-state index contributed by atoms with van der Waals surface area (Å²) in [5.74, 6) is -0.756. The number of carbonyl (C=O) groups excluding carboxylic acids is 4. The number of nitrogens with one attached hydrogen (secondary N) is 3. The number of anilines is 1. The quantitative estimate of drug-likeness (QED) is 0.523. The summed E-state index contributed by atoms with van der Waals surface area (Å²) in [6.07, 6.45) is 3.66. The fraction of sp³-hybridized carbons (Fsp3) is 0.600. The number of rotatable bonds is 8. The number of benzene rings is 1. The molecule has 0 radical (unpaired) electrons. The first kappa shape index (κ1) is 25.0. The SMILES string of the molecule is CCC(C)NC(=O)CCN1C(=O)C2CCCCC2N2C(=O)N(CC(=O)Nc3cccc(C)c3)NC12. The van der Waals surface area contributed by atoms with Crippen LogP contribution in [-0.2, 0) is 14.4 Å². The predicted molar refractivity (Wildman–Crippen MR) is 131 cm³/mol. The Morgan fingerprint density at radius 2 is 1.94 bits per heavy atom. The summed E-state index contributed by atoms with van der Waals surface area (Å²) >= 11 is 0. The first-order chi connectivity index (χ1) is 16.8. The molecule has 1 aliphatic carbocycles. The monoisotopic (exact) mass is 484 g/mol. The van der Waals surface area contributed by atoms with Gasteiger partial charge >= 0.3 is 6.03 Å². The van der Waals surface area contributed by atoms with Gasteiger partial charge in [-0.2, -0.15) is 5.43 Å². The molecule has 1 saturated carbocycles. The Morgan fingerprint density at radius 1 is 1.17 bits per heavy atom. The van der Waals surface area contributed by atoms with E-state index in [0.29, 0.717) is 5.69 Å². The highest BCUT2D eigenvalue weighted by atomic mass is 16.2. The molecule has 5 amide bonds. The van der Waals surface area contributed by atoms with Gasteiger partial charge in [0.25, 0.3) is 0 Å². The van der Waals surface area contributed by atoms with Gasteiger partial charge in [-0.15, -0.1) is 0 Å². The number of fused-ring (bicyclic) bond motifs is 3. The van der Waals surface area contributed by atoms with Crippen LogP contribution in [0.25, 0.3) is 0 Å². The first-order valence-corrected chi connectivity index (χ1v) is 12.6. The highest BCUT2D eigenvalue weighted by Crippen LogP contribution is 2.38. The minimum absolute atomic E-state index is 0.0290. The van der Waals surface area contributed by atoms with E-state index in [2.05, 4.69) is 16.1 Å². The second-order valence-electron chi connectivity index (χ2n) is 9.81. The largest absolute Gasteiger partial charge is 0.354 e. The number of urea groups is 1. The molecule has 0 aromatic heterocycles. The molecule has 4 unspecified atom stereocenters. The zero-order valence-electron chi connectivity index (χ0n) is 20.8. The van der Waals surface area contributed by atoms with E-state index < -0.39 is 6.29 Å². The standard InChI is InChI=1S/C25H36N6O4/c1-4-17(3)26-21(32)12-13-29-23(34)19-10-5-6-11-20(19)31-24(29)28-30(25(31)35)15-22(33)27-18-9-7-8-16(2)14-18/h7-9,14,17,19-20,24,28H,4-6,10-13,15H2,1-3H3,(H,26,32)(H,27,33). The average molecular weight is 485 g/mol. The van der Waals surface area contributed by atoms with Crippen LogP contribution >= 0.6 is 0 Å². The Bertz CT molecular complexity index is 984. The second-order valence-corrected chi connectivity index (χ2v) is 9.81. The van der Waals surface area contributed by atoms with E-state index in [4.69, 9.17) is 0 Å². The molecule has 2 aliphatic heterocycles. The van der Waals surface area contributed by atoms with E-state index in [0.717, 1.165) is 37.7 Å². The molecule has 3 fully saturated rings. The minimum atomic E-state index is -0.697. The number of hydrogen-bond donors (Lipinski definition) is 3. The van der Waals surface area contributed by atoms with E-state index in [1.165, 1.54) is 5.01 Å². The summed E-state index contributed by atoms with van der Waals surface area (Å²) in [5.41, 5.74) is 4.76. The van der Waals surface area contributed by atoms with Gasteiger partial charge in [0, 0.05) is 30.7 Å². The highest BCUT2D eigenvalue weighted by molar-refractivity contribution is 5.95. The summed E-state index contributed by atoms with van der Waals surface area (Å²) in [6, 6.07) is 7.00. The molecule has 2 heterocycles. The molecule has 0 bridgehead atoms. The molecule has 3 aliphatic rings. The topological polar surface area (TPSA) is 114 Å². The van der Waals surface area contributed by atoms with Crippen molar-refractivity contribution in [2.24, 2.45) is 5.92 Å². The lowest BCUT2D eigenvalue weighted by atomic mass is 9.81. The molecule has 190 valence electrons. The van der Waals surface area contributed by atoms with E-state index >= 15 is 0 Å². The molecular weight excluding hydrogens is 448 g/mol. The zero-order valence-corrected chi connectivity index (χ0v) is 20.8. The molecule has 0 spiro atoms. The molecule has 10 heteroatoms. The summed E-state index contributed by atoms with van der Waals surface area (Å²) in [5, 5.41) is 7.04. The third-order valence-electron chi connectivity index (χ3n) is 7.17. The van der Waals surface area contributed by atoms with Gasteiger partial charge in [-0.05, 0) is 50.8 Å². The van der Waals surface area contributed by atoms with Gasteiger partial charge in [0.15, 0.2) is 6.29 Å². The maximum atomic E-state index is 13.4. The fourth-order valence-electron chi connectivity index (χ4n) is 5.19. The molecule has 1 aromatic rings. The smallest absolute Gasteiger partial charge is 0.337 e. The van der Waals surface area contributed by atoms with Crippen LogP contribution in [0.3, 0.4) is 0 Å². The summed E-state index contributed by atoms with van der Waals surface area (Å²) in [4.78, 5) is 55.2. The Balaban J connectivity index is 1.47. The van der Waals surface area contributed by atoms with Gasteiger partial charge in [-0.3, -0.25) is 19.3 Å². The van der Waals surface area contributed by atoms with Crippen molar-refractivity contribution in [2.45, 2.75) is 77.7 Å². The van der Waals surface area contributed by atoms with E-state index in [-0.39, 0.29) is 61.3 Å². The van der Waals surface area contributed by atoms with Crippen molar-refractivity contribution in [3.05, 3.63) is 29.8 Å². The Hall–Kier alpha value is -3.14. The number of hydrogen-bond acceptors (Lipinski definition) is 5. The lowest BCUT2D eigenvalue weighted by Gasteiger charge is -2.48.